The fourth-order valence-corrected chi connectivity index (χ4v) is 5.91. The maximum atomic E-state index is 14.1. The molecule has 1 aliphatic heterocycles. The van der Waals surface area contributed by atoms with E-state index in [9.17, 15) is 17.6 Å². The van der Waals surface area contributed by atoms with Crippen molar-refractivity contribution in [1.29, 1.82) is 0 Å². The number of sulfone groups is 1. The Balaban J connectivity index is 1.94. The van der Waals surface area contributed by atoms with Gasteiger partial charge >= 0.3 is 0 Å². The third kappa shape index (κ3) is 3.75. The number of methoxy groups -OCH3 is 1. The topological polar surface area (TPSA) is 76.6 Å². The van der Waals surface area contributed by atoms with Gasteiger partial charge in [0.2, 0.25) is 9.84 Å². The number of ether oxygens (including phenoxy) is 1. The Hall–Kier alpha value is -2.65. The van der Waals surface area contributed by atoms with Crippen LogP contribution in [0, 0.1) is 5.82 Å². The van der Waals surface area contributed by atoms with Gasteiger partial charge in [0.25, 0.3) is 5.91 Å². The van der Waals surface area contributed by atoms with Crippen molar-refractivity contribution in [2.24, 2.45) is 0 Å². The smallest absolute Gasteiger partial charge is 0.256 e. The maximum absolute atomic E-state index is 14.1. The van der Waals surface area contributed by atoms with Crippen molar-refractivity contribution >= 4 is 38.4 Å². The molecule has 1 saturated heterocycles. The zero-order valence-electron chi connectivity index (χ0n) is 16.2. The van der Waals surface area contributed by atoms with Crippen molar-refractivity contribution in [2.75, 3.05) is 31.7 Å². The van der Waals surface area contributed by atoms with Gasteiger partial charge in [-0.25, -0.2) is 12.8 Å². The van der Waals surface area contributed by atoms with Crippen LogP contribution in [0.2, 0.25) is 0 Å². The summed E-state index contributed by atoms with van der Waals surface area (Å²) in [6, 6.07) is 9.60. The monoisotopic (exact) mass is 446 g/mol. The summed E-state index contributed by atoms with van der Waals surface area (Å²) in [5.41, 5.74) is 0.255. The number of aromatic nitrogens is 1. The van der Waals surface area contributed by atoms with Gasteiger partial charge in [-0.15, -0.1) is 0 Å². The first-order chi connectivity index (χ1) is 14.4. The van der Waals surface area contributed by atoms with Gasteiger partial charge < -0.3 is 9.64 Å². The summed E-state index contributed by atoms with van der Waals surface area (Å²) in [6.07, 6.45) is 1.28. The standard InChI is InChI=1S/C21H19FN2O4S2/c1-28-15-3-5-16(6-4-15)30(26,27)20-17-12-14(22)2-7-19(17)23-13-18(20)21(25)24-8-10-29-11-9-24/h2-7,12-13H,8-11H2,1H3. The van der Waals surface area contributed by atoms with E-state index in [0.717, 1.165) is 17.6 Å². The van der Waals surface area contributed by atoms with Crippen LogP contribution < -0.4 is 4.74 Å². The molecule has 6 nitrogen and oxygen atoms in total. The number of hydrogen-bond donors (Lipinski definition) is 0. The van der Waals surface area contributed by atoms with E-state index in [-0.39, 0.29) is 20.7 Å². The first-order valence-electron chi connectivity index (χ1n) is 9.26. The molecular formula is C21H19FN2O4S2. The Labute approximate surface area is 178 Å². The van der Waals surface area contributed by atoms with Crippen molar-refractivity contribution in [1.82, 2.24) is 9.88 Å². The summed E-state index contributed by atoms with van der Waals surface area (Å²) in [5, 5.41) is 0.0862. The molecule has 3 aromatic rings. The highest BCUT2D eigenvalue weighted by atomic mass is 32.2. The molecule has 9 heteroatoms. The first kappa shape index (κ1) is 20.6. The van der Waals surface area contributed by atoms with E-state index >= 15 is 0 Å². The number of benzene rings is 2. The summed E-state index contributed by atoms with van der Waals surface area (Å²) in [7, 11) is -2.65. The van der Waals surface area contributed by atoms with Gasteiger partial charge in [-0.1, -0.05) is 0 Å². The SMILES string of the molecule is COc1ccc(S(=O)(=O)c2c(C(=O)N3CCSCC3)cnc3ccc(F)cc23)cc1. The minimum atomic E-state index is -4.14. The highest BCUT2D eigenvalue weighted by molar-refractivity contribution is 7.99. The number of amides is 1. The predicted octanol–water partition coefficient (Wildman–Crippen LogP) is 3.40. The van der Waals surface area contributed by atoms with Gasteiger partial charge in [0.1, 0.15) is 11.6 Å². The molecule has 0 radical (unpaired) electrons. The van der Waals surface area contributed by atoms with Crippen molar-refractivity contribution in [2.45, 2.75) is 9.79 Å². The highest BCUT2D eigenvalue weighted by Gasteiger charge is 2.30. The maximum Gasteiger partial charge on any atom is 0.256 e. The van der Waals surface area contributed by atoms with Gasteiger partial charge in [0, 0.05) is 36.2 Å². The van der Waals surface area contributed by atoms with Crippen LogP contribution in [0.5, 0.6) is 5.75 Å². The minimum Gasteiger partial charge on any atom is -0.497 e. The van der Waals surface area contributed by atoms with Crippen LogP contribution in [0.25, 0.3) is 10.9 Å². The predicted molar refractivity (Wildman–Crippen MR) is 113 cm³/mol. The number of halogens is 1. The van der Waals surface area contributed by atoms with E-state index < -0.39 is 21.6 Å². The molecule has 0 N–H and O–H groups in total. The number of rotatable bonds is 4. The fraction of sp³-hybridized carbons (Fsp3) is 0.238. The van der Waals surface area contributed by atoms with Crippen LogP contribution in [0.1, 0.15) is 10.4 Å². The van der Waals surface area contributed by atoms with Gasteiger partial charge in [-0.2, -0.15) is 11.8 Å². The van der Waals surface area contributed by atoms with Crippen LogP contribution in [-0.4, -0.2) is 55.9 Å². The molecule has 2 heterocycles. The van der Waals surface area contributed by atoms with Crippen LogP contribution in [-0.2, 0) is 9.84 Å². The first-order valence-corrected chi connectivity index (χ1v) is 11.9. The van der Waals surface area contributed by atoms with Crippen molar-refractivity contribution < 1.29 is 22.3 Å². The molecule has 0 spiro atoms. The number of fused-ring (bicyclic) bond motifs is 1. The lowest BCUT2D eigenvalue weighted by molar-refractivity contribution is 0.0768. The molecule has 1 amide bonds. The number of nitrogens with zero attached hydrogens (tertiary/aromatic N) is 2. The molecule has 156 valence electrons. The van der Waals surface area contributed by atoms with E-state index in [1.165, 1.54) is 49.7 Å². The fourth-order valence-electron chi connectivity index (χ4n) is 3.39. The number of hydrogen-bond acceptors (Lipinski definition) is 6. The normalized spacial score (nSPS) is 14.7. The molecule has 0 atom stereocenters. The van der Waals surface area contributed by atoms with Gasteiger partial charge in [-0.05, 0) is 42.5 Å². The molecular weight excluding hydrogens is 427 g/mol. The molecule has 0 saturated carbocycles. The van der Waals surface area contributed by atoms with Crippen LogP contribution in [0.4, 0.5) is 4.39 Å². The van der Waals surface area contributed by atoms with Crippen molar-refractivity contribution in [3.8, 4) is 5.75 Å². The molecule has 4 rings (SSSR count). The van der Waals surface area contributed by atoms with Gasteiger partial charge in [0.05, 0.1) is 28.0 Å². The average Bonchev–Trinajstić information content (AvgIpc) is 2.78. The summed E-state index contributed by atoms with van der Waals surface area (Å²) in [6.45, 7) is 1.04. The largest absolute Gasteiger partial charge is 0.497 e. The summed E-state index contributed by atoms with van der Waals surface area (Å²) >= 11 is 1.74. The third-order valence-electron chi connectivity index (χ3n) is 4.95. The lowest BCUT2D eigenvalue weighted by atomic mass is 10.1. The van der Waals surface area contributed by atoms with E-state index in [0.29, 0.717) is 24.4 Å². The molecule has 30 heavy (non-hydrogen) atoms. The van der Waals surface area contributed by atoms with E-state index in [1.807, 2.05) is 0 Å². The Bertz CT molecular complexity index is 1210. The summed E-state index contributed by atoms with van der Waals surface area (Å²) in [4.78, 5) is 18.8. The van der Waals surface area contributed by atoms with Crippen LogP contribution >= 0.6 is 11.8 Å². The molecule has 1 fully saturated rings. The zero-order valence-corrected chi connectivity index (χ0v) is 17.8. The highest BCUT2D eigenvalue weighted by Crippen LogP contribution is 2.33. The van der Waals surface area contributed by atoms with Crippen molar-refractivity contribution in [3.63, 3.8) is 0 Å². The average molecular weight is 447 g/mol. The number of thioether (sulfide) groups is 1. The Morgan fingerprint density at radius 1 is 1.13 bits per heavy atom. The molecule has 1 aliphatic rings. The third-order valence-corrected chi connectivity index (χ3v) is 7.76. The van der Waals surface area contributed by atoms with Gasteiger partial charge in [-0.3, -0.25) is 9.78 Å². The molecule has 0 bridgehead atoms. The van der Waals surface area contributed by atoms with E-state index in [1.54, 1.807) is 16.7 Å². The van der Waals surface area contributed by atoms with E-state index in [4.69, 9.17) is 4.74 Å². The Morgan fingerprint density at radius 2 is 1.83 bits per heavy atom. The molecule has 2 aromatic carbocycles. The Morgan fingerprint density at radius 3 is 2.50 bits per heavy atom. The molecule has 1 aromatic heterocycles. The zero-order chi connectivity index (χ0) is 21.3. The van der Waals surface area contributed by atoms with E-state index in [2.05, 4.69) is 4.98 Å². The van der Waals surface area contributed by atoms with Crippen molar-refractivity contribution in [3.05, 3.63) is 60.0 Å². The second-order valence-corrected chi connectivity index (χ2v) is 9.86. The second-order valence-electron chi connectivity index (χ2n) is 6.75. The lowest BCUT2D eigenvalue weighted by Crippen LogP contribution is -2.38. The summed E-state index contributed by atoms with van der Waals surface area (Å²) in [5.74, 6) is 1.04. The quantitative estimate of drug-likeness (QED) is 0.611. The van der Waals surface area contributed by atoms with Gasteiger partial charge in [0.15, 0.2) is 0 Å². The van der Waals surface area contributed by atoms with Crippen LogP contribution in [0.15, 0.2) is 58.5 Å². The lowest BCUT2D eigenvalue weighted by Gasteiger charge is -2.27. The van der Waals surface area contributed by atoms with Crippen LogP contribution in [0.3, 0.4) is 0 Å². The summed E-state index contributed by atoms with van der Waals surface area (Å²) < 4.78 is 46.4. The molecule has 0 aliphatic carbocycles. The Kier molecular flexibility index (Phi) is 5.66. The second kappa shape index (κ2) is 8.23. The number of pyridine rings is 1. The molecule has 0 unspecified atom stereocenters. The number of carbonyl (C=O) groups is 1. The number of carbonyl (C=O) groups excluding carboxylic acids is 1. The minimum absolute atomic E-state index is 0.0108.